The van der Waals surface area contributed by atoms with Gasteiger partial charge in [0.25, 0.3) is 5.91 Å². The van der Waals surface area contributed by atoms with Crippen LogP contribution in [0.1, 0.15) is 35.2 Å². The first-order valence-corrected chi connectivity index (χ1v) is 10.8. The molecule has 1 heterocycles. The van der Waals surface area contributed by atoms with Crippen molar-refractivity contribution < 1.29 is 13.2 Å². The number of carbonyl (C=O) groups excluding carboxylic acids is 1. The standard InChI is InChI=1S/C21H26N2O3S/c1-17-7-9-19(10-8-17)21(24)23-15-12-18(13-16-23)11-14-22-27(25,26)20-5-3-2-4-6-20/h2-10,18,22H,11-16H2,1H3. The van der Waals surface area contributed by atoms with E-state index in [-0.39, 0.29) is 5.91 Å². The number of sulfonamides is 1. The molecule has 2 aromatic rings. The Kier molecular flexibility index (Phi) is 6.29. The van der Waals surface area contributed by atoms with Crippen molar-refractivity contribution in [2.75, 3.05) is 19.6 Å². The number of amides is 1. The van der Waals surface area contributed by atoms with E-state index in [1.807, 2.05) is 36.1 Å². The maximum Gasteiger partial charge on any atom is 0.253 e. The Bertz CT molecular complexity index is 856. The lowest BCUT2D eigenvalue weighted by molar-refractivity contribution is 0.0687. The van der Waals surface area contributed by atoms with Crippen LogP contribution in [0.4, 0.5) is 0 Å². The fourth-order valence-electron chi connectivity index (χ4n) is 3.38. The van der Waals surface area contributed by atoms with Crippen LogP contribution in [0.15, 0.2) is 59.5 Å². The summed E-state index contributed by atoms with van der Waals surface area (Å²) >= 11 is 0. The van der Waals surface area contributed by atoms with Crippen molar-refractivity contribution in [3.63, 3.8) is 0 Å². The van der Waals surface area contributed by atoms with Crippen LogP contribution in [0.3, 0.4) is 0 Å². The summed E-state index contributed by atoms with van der Waals surface area (Å²) < 4.78 is 27.1. The summed E-state index contributed by atoms with van der Waals surface area (Å²) in [6.45, 7) is 3.88. The molecule has 0 bridgehead atoms. The molecule has 1 amide bonds. The highest BCUT2D eigenvalue weighted by Crippen LogP contribution is 2.22. The molecule has 0 radical (unpaired) electrons. The monoisotopic (exact) mass is 386 g/mol. The quantitative estimate of drug-likeness (QED) is 0.829. The van der Waals surface area contributed by atoms with E-state index in [2.05, 4.69) is 4.72 Å². The summed E-state index contributed by atoms with van der Waals surface area (Å²) in [5.74, 6) is 0.517. The highest BCUT2D eigenvalue weighted by Gasteiger charge is 2.24. The highest BCUT2D eigenvalue weighted by molar-refractivity contribution is 7.89. The molecular weight excluding hydrogens is 360 g/mol. The number of nitrogens with one attached hydrogen (secondary N) is 1. The molecule has 27 heavy (non-hydrogen) atoms. The normalized spacial score (nSPS) is 15.7. The lowest BCUT2D eigenvalue weighted by Gasteiger charge is -2.32. The van der Waals surface area contributed by atoms with Crippen molar-refractivity contribution in [2.24, 2.45) is 5.92 Å². The number of carbonyl (C=O) groups is 1. The van der Waals surface area contributed by atoms with Gasteiger partial charge in [-0.2, -0.15) is 0 Å². The zero-order chi connectivity index (χ0) is 19.3. The molecule has 0 spiro atoms. The molecular formula is C21H26N2O3S. The van der Waals surface area contributed by atoms with Crippen molar-refractivity contribution in [2.45, 2.75) is 31.1 Å². The molecule has 1 saturated heterocycles. The van der Waals surface area contributed by atoms with Gasteiger partial charge in [0.05, 0.1) is 4.90 Å². The molecule has 144 valence electrons. The fraction of sp³-hybridized carbons (Fsp3) is 0.381. The number of benzene rings is 2. The lowest BCUT2D eigenvalue weighted by atomic mass is 9.93. The van der Waals surface area contributed by atoms with Gasteiger partial charge in [0.15, 0.2) is 0 Å². The van der Waals surface area contributed by atoms with Gasteiger partial charge in [-0.05, 0) is 56.4 Å². The van der Waals surface area contributed by atoms with E-state index in [4.69, 9.17) is 0 Å². The molecule has 1 aliphatic heterocycles. The van der Waals surface area contributed by atoms with E-state index in [9.17, 15) is 13.2 Å². The molecule has 1 aliphatic rings. The van der Waals surface area contributed by atoms with Crippen molar-refractivity contribution in [3.05, 3.63) is 65.7 Å². The summed E-state index contributed by atoms with van der Waals surface area (Å²) in [4.78, 5) is 14.7. The smallest absolute Gasteiger partial charge is 0.253 e. The zero-order valence-electron chi connectivity index (χ0n) is 15.6. The largest absolute Gasteiger partial charge is 0.339 e. The second kappa shape index (κ2) is 8.67. The van der Waals surface area contributed by atoms with Crippen LogP contribution in [0.25, 0.3) is 0 Å². The van der Waals surface area contributed by atoms with Crippen molar-refractivity contribution in [3.8, 4) is 0 Å². The molecule has 0 aliphatic carbocycles. The average molecular weight is 387 g/mol. The number of piperidine rings is 1. The van der Waals surface area contributed by atoms with Gasteiger partial charge in [0, 0.05) is 25.2 Å². The van der Waals surface area contributed by atoms with Gasteiger partial charge in [-0.3, -0.25) is 4.79 Å². The van der Waals surface area contributed by atoms with Crippen molar-refractivity contribution in [1.29, 1.82) is 0 Å². The zero-order valence-corrected chi connectivity index (χ0v) is 16.4. The topological polar surface area (TPSA) is 66.5 Å². The Hall–Kier alpha value is -2.18. The number of hydrogen-bond donors (Lipinski definition) is 1. The van der Waals surface area contributed by atoms with E-state index >= 15 is 0 Å². The van der Waals surface area contributed by atoms with Crippen LogP contribution >= 0.6 is 0 Å². The van der Waals surface area contributed by atoms with Crippen molar-refractivity contribution >= 4 is 15.9 Å². The van der Waals surface area contributed by atoms with Gasteiger partial charge >= 0.3 is 0 Å². The van der Waals surface area contributed by atoms with Crippen LogP contribution in [0.2, 0.25) is 0 Å². The Morgan fingerprint density at radius 2 is 1.67 bits per heavy atom. The predicted octanol–water partition coefficient (Wildman–Crippen LogP) is 3.22. The van der Waals surface area contributed by atoms with Gasteiger partial charge in [0.1, 0.15) is 0 Å². The fourth-order valence-corrected chi connectivity index (χ4v) is 4.45. The molecule has 0 unspecified atom stereocenters. The van der Waals surface area contributed by atoms with E-state index in [1.54, 1.807) is 30.3 Å². The van der Waals surface area contributed by atoms with Crippen LogP contribution in [0, 0.1) is 12.8 Å². The van der Waals surface area contributed by atoms with Crippen LogP contribution in [0.5, 0.6) is 0 Å². The average Bonchev–Trinajstić information content (AvgIpc) is 2.69. The maximum atomic E-state index is 12.6. The summed E-state index contributed by atoms with van der Waals surface area (Å²) in [7, 11) is -3.44. The minimum Gasteiger partial charge on any atom is -0.339 e. The van der Waals surface area contributed by atoms with Crippen LogP contribution in [-0.2, 0) is 10.0 Å². The van der Waals surface area contributed by atoms with E-state index in [0.29, 0.717) is 17.4 Å². The number of aryl methyl sites for hydroxylation is 1. The van der Waals surface area contributed by atoms with Crippen LogP contribution in [-0.4, -0.2) is 38.9 Å². The number of rotatable bonds is 6. The molecule has 2 aromatic carbocycles. The van der Waals surface area contributed by atoms with Crippen LogP contribution < -0.4 is 4.72 Å². The SMILES string of the molecule is Cc1ccc(C(=O)N2CCC(CCNS(=O)(=O)c3ccccc3)CC2)cc1. The Labute approximate surface area is 161 Å². The molecule has 0 saturated carbocycles. The van der Waals surface area contributed by atoms with Gasteiger partial charge in [0.2, 0.25) is 10.0 Å². The van der Waals surface area contributed by atoms with Gasteiger partial charge in [-0.15, -0.1) is 0 Å². The van der Waals surface area contributed by atoms with Crippen molar-refractivity contribution in [1.82, 2.24) is 9.62 Å². The third-order valence-corrected chi connectivity index (χ3v) is 6.58. The third kappa shape index (κ3) is 5.17. The Morgan fingerprint density at radius 1 is 1.04 bits per heavy atom. The summed E-state index contributed by atoms with van der Waals surface area (Å²) in [5.41, 5.74) is 1.87. The van der Waals surface area contributed by atoms with Gasteiger partial charge in [-0.25, -0.2) is 13.1 Å². The second-order valence-electron chi connectivity index (χ2n) is 7.10. The van der Waals surface area contributed by atoms with Gasteiger partial charge < -0.3 is 4.90 Å². The molecule has 3 rings (SSSR count). The molecule has 6 heteroatoms. The first-order valence-electron chi connectivity index (χ1n) is 9.36. The molecule has 0 aromatic heterocycles. The predicted molar refractivity (Wildman–Crippen MR) is 106 cm³/mol. The molecule has 0 atom stereocenters. The first kappa shape index (κ1) is 19.6. The molecule has 1 fully saturated rings. The van der Waals surface area contributed by atoms with Gasteiger partial charge in [-0.1, -0.05) is 35.9 Å². The van der Waals surface area contributed by atoms with E-state index in [0.717, 1.165) is 43.5 Å². The number of hydrogen-bond acceptors (Lipinski definition) is 3. The molecule has 5 nitrogen and oxygen atoms in total. The maximum absolute atomic E-state index is 12.6. The number of likely N-dealkylation sites (tertiary alicyclic amines) is 1. The second-order valence-corrected chi connectivity index (χ2v) is 8.87. The summed E-state index contributed by atoms with van der Waals surface area (Å²) in [6, 6.07) is 16.1. The minimum atomic E-state index is -3.44. The first-order chi connectivity index (χ1) is 13.0. The Balaban J connectivity index is 1.44. The summed E-state index contributed by atoms with van der Waals surface area (Å²) in [6.07, 6.45) is 2.61. The third-order valence-electron chi connectivity index (χ3n) is 5.10. The minimum absolute atomic E-state index is 0.0817. The molecule has 1 N–H and O–H groups in total. The Morgan fingerprint density at radius 3 is 2.30 bits per heavy atom. The lowest BCUT2D eigenvalue weighted by Crippen LogP contribution is -2.39. The summed E-state index contributed by atoms with van der Waals surface area (Å²) in [5, 5.41) is 0. The van der Waals surface area contributed by atoms with E-state index in [1.165, 1.54) is 0 Å². The number of nitrogens with zero attached hydrogens (tertiary/aromatic N) is 1. The highest BCUT2D eigenvalue weighted by atomic mass is 32.2. The van der Waals surface area contributed by atoms with E-state index < -0.39 is 10.0 Å².